The lowest BCUT2D eigenvalue weighted by atomic mass is 10.1. The second kappa shape index (κ2) is 8.85. The Labute approximate surface area is 131 Å². The van der Waals surface area contributed by atoms with E-state index in [0.717, 1.165) is 24.3 Å². The Bertz CT molecular complexity index is 567. The first-order chi connectivity index (χ1) is 10.8. The Morgan fingerprint density at radius 2 is 1.77 bits per heavy atom. The van der Waals surface area contributed by atoms with Crippen LogP contribution in [0.15, 0.2) is 54.6 Å². The van der Waals surface area contributed by atoms with Gasteiger partial charge in [0.15, 0.2) is 0 Å². The maximum Gasteiger partial charge on any atom is 0.224 e. The molecule has 0 aliphatic heterocycles. The van der Waals surface area contributed by atoms with Crippen molar-refractivity contribution in [2.24, 2.45) is 5.73 Å². The molecule has 4 nitrogen and oxygen atoms in total. The SMILES string of the molecule is NCCOc1ccc(NC(=O)CCCc2ccccc2)cc1. The summed E-state index contributed by atoms with van der Waals surface area (Å²) in [5, 5.41) is 2.89. The molecule has 0 fully saturated rings. The van der Waals surface area contributed by atoms with E-state index in [9.17, 15) is 4.79 Å². The van der Waals surface area contributed by atoms with Gasteiger partial charge >= 0.3 is 0 Å². The highest BCUT2D eigenvalue weighted by atomic mass is 16.5. The third-order valence-corrected chi connectivity index (χ3v) is 3.24. The molecule has 1 amide bonds. The smallest absolute Gasteiger partial charge is 0.224 e. The van der Waals surface area contributed by atoms with E-state index < -0.39 is 0 Å². The van der Waals surface area contributed by atoms with E-state index in [4.69, 9.17) is 10.5 Å². The van der Waals surface area contributed by atoms with Crippen LogP contribution in [-0.4, -0.2) is 19.1 Å². The fraction of sp³-hybridized carbons (Fsp3) is 0.278. The van der Waals surface area contributed by atoms with Crippen LogP contribution in [0.5, 0.6) is 5.75 Å². The zero-order chi connectivity index (χ0) is 15.6. The lowest BCUT2D eigenvalue weighted by Gasteiger charge is -2.07. The number of anilines is 1. The van der Waals surface area contributed by atoms with Gasteiger partial charge in [0, 0.05) is 18.7 Å². The molecule has 0 unspecified atom stereocenters. The number of aryl methyl sites for hydroxylation is 1. The van der Waals surface area contributed by atoms with Crippen molar-refractivity contribution in [3.05, 3.63) is 60.2 Å². The van der Waals surface area contributed by atoms with Crippen molar-refractivity contribution >= 4 is 11.6 Å². The minimum atomic E-state index is 0.0338. The molecule has 0 aliphatic carbocycles. The third kappa shape index (κ3) is 5.58. The van der Waals surface area contributed by atoms with E-state index in [1.54, 1.807) is 0 Å². The van der Waals surface area contributed by atoms with E-state index in [0.29, 0.717) is 19.6 Å². The predicted octanol–water partition coefficient (Wildman–Crippen LogP) is 2.99. The van der Waals surface area contributed by atoms with Gasteiger partial charge in [-0.2, -0.15) is 0 Å². The molecule has 22 heavy (non-hydrogen) atoms. The Morgan fingerprint density at radius 1 is 1.05 bits per heavy atom. The summed E-state index contributed by atoms with van der Waals surface area (Å²) in [7, 11) is 0. The molecule has 0 bridgehead atoms. The molecule has 2 aromatic carbocycles. The first-order valence-corrected chi connectivity index (χ1v) is 7.54. The van der Waals surface area contributed by atoms with Crippen LogP contribution in [0.1, 0.15) is 18.4 Å². The second-order valence-corrected chi connectivity index (χ2v) is 5.05. The molecule has 3 N–H and O–H groups in total. The van der Waals surface area contributed by atoms with Gasteiger partial charge in [0.05, 0.1) is 0 Å². The molecular formula is C18H22N2O2. The Balaban J connectivity index is 1.72. The van der Waals surface area contributed by atoms with Crippen LogP contribution >= 0.6 is 0 Å². The van der Waals surface area contributed by atoms with Gasteiger partial charge in [0.1, 0.15) is 12.4 Å². The van der Waals surface area contributed by atoms with E-state index in [2.05, 4.69) is 17.4 Å². The molecule has 0 radical (unpaired) electrons. The van der Waals surface area contributed by atoms with Gasteiger partial charge in [-0.3, -0.25) is 4.79 Å². The fourth-order valence-corrected chi connectivity index (χ4v) is 2.13. The molecule has 2 rings (SSSR count). The summed E-state index contributed by atoms with van der Waals surface area (Å²) >= 11 is 0. The van der Waals surface area contributed by atoms with Crippen molar-refractivity contribution in [1.29, 1.82) is 0 Å². The monoisotopic (exact) mass is 298 g/mol. The summed E-state index contributed by atoms with van der Waals surface area (Å²) in [6.45, 7) is 0.977. The minimum Gasteiger partial charge on any atom is -0.492 e. The standard InChI is InChI=1S/C18H22N2O2/c19-13-14-22-17-11-9-16(10-12-17)20-18(21)8-4-7-15-5-2-1-3-6-15/h1-3,5-6,9-12H,4,7-8,13-14,19H2,(H,20,21). The number of nitrogens with one attached hydrogen (secondary N) is 1. The number of hydrogen-bond donors (Lipinski definition) is 2. The van der Waals surface area contributed by atoms with Gasteiger partial charge in [0.25, 0.3) is 0 Å². The van der Waals surface area contributed by atoms with Crippen LogP contribution in [0, 0.1) is 0 Å². The van der Waals surface area contributed by atoms with Crippen LogP contribution in [0.25, 0.3) is 0 Å². The summed E-state index contributed by atoms with van der Waals surface area (Å²) in [5.74, 6) is 0.791. The highest BCUT2D eigenvalue weighted by Crippen LogP contribution is 2.16. The van der Waals surface area contributed by atoms with Crippen molar-refractivity contribution in [2.45, 2.75) is 19.3 Å². The van der Waals surface area contributed by atoms with Crippen LogP contribution < -0.4 is 15.8 Å². The highest BCUT2D eigenvalue weighted by Gasteiger charge is 2.03. The summed E-state index contributed by atoms with van der Waals surface area (Å²) in [4.78, 5) is 11.9. The number of hydrogen-bond acceptors (Lipinski definition) is 3. The molecule has 0 aromatic heterocycles. The number of ether oxygens (including phenoxy) is 1. The summed E-state index contributed by atoms with van der Waals surface area (Å²) < 4.78 is 5.39. The molecule has 0 spiro atoms. The van der Waals surface area contributed by atoms with Crippen LogP contribution in [0.2, 0.25) is 0 Å². The number of carbonyl (C=O) groups excluding carboxylic acids is 1. The average Bonchev–Trinajstić information content (AvgIpc) is 2.55. The third-order valence-electron chi connectivity index (χ3n) is 3.24. The van der Waals surface area contributed by atoms with Gasteiger partial charge < -0.3 is 15.8 Å². The normalized spacial score (nSPS) is 10.2. The summed E-state index contributed by atoms with van der Waals surface area (Å²) in [5.41, 5.74) is 7.42. The molecule has 0 heterocycles. The molecule has 0 saturated heterocycles. The number of carbonyl (C=O) groups is 1. The van der Waals surface area contributed by atoms with Gasteiger partial charge in [-0.25, -0.2) is 0 Å². The minimum absolute atomic E-state index is 0.0338. The van der Waals surface area contributed by atoms with Crippen molar-refractivity contribution in [3.63, 3.8) is 0 Å². The van der Waals surface area contributed by atoms with Crippen molar-refractivity contribution in [3.8, 4) is 5.75 Å². The molecule has 4 heteroatoms. The largest absolute Gasteiger partial charge is 0.492 e. The summed E-state index contributed by atoms with van der Waals surface area (Å²) in [6.07, 6.45) is 2.27. The predicted molar refractivity (Wildman–Crippen MR) is 89.0 cm³/mol. The quantitative estimate of drug-likeness (QED) is 0.787. The van der Waals surface area contributed by atoms with Crippen LogP contribution in [-0.2, 0) is 11.2 Å². The maximum absolute atomic E-state index is 11.9. The van der Waals surface area contributed by atoms with E-state index >= 15 is 0 Å². The van der Waals surface area contributed by atoms with Crippen LogP contribution in [0.3, 0.4) is 0 Å². The zero-order valence-corrected chi connectivity index (χ0v) is 12.6. The Morgan fingerprint density at radius 3 is 2.45 bits per heavy atom. The topological polar surface area (TPSA) is 64.3 Å². The lowest BCUT2D eigenvalue weighted by molar-refractivity contribution is -0.116. The summed E-state index contributed by atoms with van der Waals surface area (Å²) in [6, 6.07) is 17.5. The van der Waals surface area contributed by atoms with Crippen molar-refractivity contribution in [2.75, 3.05) is 18.5 Å². The maximum atomic E-state index is 11.9. The molecule has 0 atom stereocenters. The zero-order valence-electron chi connectivity index (χ0n) is 12.6. The molecule has 0 saturated carbocycles. The van der Waals surface area contributed by atoms with E-state index in [1.165, 1.54) is 5.56 Å². The number of nitrogens with two attached hydrogens (primary N) is 1. The van der Waals surface area contributed by atoms with Crippen LogP contribution in [0.4, 0.5) is 5.69 Å². The molecule has 2 aromatic rings. The van der Waals surface area contributed by atoms with Crippen molar-refractivity contribution in [1.82, 2.24) is 0 Å². The van der Waals surface area contributed by atoms with E-state index in [-0.39, 0.29) is 5.91 Å². The first kappa shape index (κ1) is 16.0. The lowest BCUT2D eigenvalue weighted by Crippen LogP contribution is -2.12. The first-order valence-electron chi connectivity index (χ1n) is 7.54. The molecule has 116 valence electrons. The van der Waals surface area contributed by atoms with Gasteiger partial charge in [-0.15, -0.1) is 0 Å². The molecular weight excluding hydrogens is 276 g/mol. The average molecular weight is 298 g/mol. The number of rotatable bonds is 8. The number of benzene rings is 2. The highest BCUT2D eigenvalue weighted by molar-refractivity contribution is 5.90. The van der Waals surface area contributed by atoms with E-state index in [1.807, 2.05) is 42.5 Å². The van der Waals surface area contributed by atoms with Gasteiger partial charge in [-0.05, 0) is 42.7 Å². The van der Waals surface area contributed by atoms with Gasteiger partial charge in [-0.1, -0.05) is 30.3 Å². The molecule has 0 aliphatic rings. The van der Waals surface area contributed by atoms with Crippen molar-refractivity contribution < 1.29 is 9.53 Å². The second-order valence-electron chi connectivity index (χ2n) is 5.05. The fourth-order valence-electron chi connectivity index (χ4n) is 2.13. The Kier molecular flexibility index (Phi) is 6.45. The van der Waals surface area contributed by atoms with Gasteiger partial charge in [0.2, 0.25) is 5.91 Å². The number of amides is 1. The Hall–Kier alpha value is -2.33.